The van der Waals surface area contributed by atoms with Gasteiger partial charge in [-0.2, -0.15) is 5.26 Å². The topological polar surface area (TPSA) is 190 Å². The van der Waals surface area contributed by atoms with Crippen LogP contribution in [0.25, 0.3) is 22.3 Å². The van der Waals surface area contributed by atoms with Crippen molar-refractivity contribution in [1.29, 1.82) is 5.26 Å². The van der Waals surface area contributed by atoms with Crippen LogP contribution in [0.5, 0.6) is 5.75 Å². The maximum atomic E-state index is 13.8. The second-order valence-electron chi connectivity index (χ2n) is 14.3. The number of rotatable bonds is 16. The minimum atomic E-state index is -1.92. The first kappa shape index (κ1) is 40.9. The van der Waals surface area contributed by atoms with Crippen LogP contribution in [0.4, 0.5) is 10.5 Å². The highest BCUT2D eigenvalue weighted by Crippen LogP contribution is 2.41. The standard InChI is InChI=1S/C43H50N6O8/c1-5-31-32-22-30(17-18-36(32)46-38-33(31)24-48-37(38)23-35-34(40(48)51)25-55-41(52)43(35,54)6-2)56-26-49(42(53)57-29(19-21-45)12-10-9-11-20-44)28-15-13-27(14-16-28)39(50)47(7-3)8-4/h13-18,22-23,29,54H,5-12,19-20,24-26,44H2,1-4H3/t29?,43-/m0/s1. The molecule has 6 rings (SSSR count). The molecule has 4 aromatic rings. The van der Waals surface area contributed by atoms with E-state index in [1.54, 1.807) is 52.8 Å². The summed E-state index contributed by atoms with van der Waals surface area (Å²) in [6, 6.07) is 15.9. The molecule has 2 aromatic heterocycles. The van der Waals surface area contributed by atoms with Crippen molar-refractivity contribution in [2.45, 2.75) is 97.5 Å². The number of ether oxygens (including phenoxy) is 3. The number of nitriles is 1. The second kappa shape index (κ2) is 17.6. The van der Waals surface area contributed by atoms with E-state index < -0.39 is 23.8 Å². The Balaban J connectivity index is 1.31. The Morgan fingerprint density at radius 2 is 1.81 bits per heavy atom. The number of aliphatic hydroxyl groups is 1. The third-order valence-electron chi connectivity index (χ3n) is 11.0. The molecule has 1 unspecified atom stereocenters. The number of benzene rings is 2. The lowest BCUT2D eigenvalue weighted by Crippen LogP contribution is -2.44. The van der Waals surface area contributed by atoms with Gasteiger partial charge in [0.05, 0.1) is 47.2 Å². The minimum Gasteiger partial charge on any atom is -0.473 e. The number of amides is 2. The zero-order valence-corrected chi connectivity index (χ0v) is 33.0. The van der Waals surface area contributed by atoms with E-state index in [0.29, 0.717) is 66.4 Å². The first-order valence-corrected chi connectivity index (χ1v) is 19.7. The highest BCUT2D eigenvalue weighted by molar-refractivity contribution is 5.95. The Bertz CT molecular complexity index is 2260. The summed E-state index contributed by atoms with van der Waals surface area (Å²) in [5.74, 6) is -0.444. The van der Waals surface area contributed by atoms with E-state index in [1.807, 2.05) is 32.9 Å². The number of aromatic nitrogens is 2. The molecule has 14 nitrogen and oxygen atoms in total. The lowest BCUT2D eigenvalue weighted by molar-refractivity contribution is -0.172. The Labute approximate surface area is 331 Å². The molecule has 0 saturated heterocycles. The van der Waals surface area contributed by atoms with E-state index in [1.165, 1.54) is 4.90 Å². The van der Waals surface area contributed by atoms with Crippen LogP contribution in [0.15, 0.2) is 53.3 Å². The first-order chi connectivity index (χ1) is 27.5. The molecule has 0 spiro atoms. The number of aryl methyl sites for hydroxylation is 1. The summed E-state index contributed by atoms with van der Waals surface area (Å²) in [6.45, 7) is 9.01. The number of hydrogen-bond donors (Lipinski definition) is 2. The van der Waals surface area contributed by atoms with Gasteiger partial charge < -0.3 is 34.5 Å². The number of cyclic esters (lactones) is 1. The molecular weight excluding hydrogens is 729 g/mol. The van der Waals surface area contributed by atoms with Gasteiger partial charge in [-0.15, -0.1) is 0 Å². The van der Waals surface area contributed by atoms with Crippen molar-refractivity contribution in [2.75, 3.05) is 31.3 Å². The molecule has 0 saturated carbocycles. The fourth-order valence-corrected chi connectivity index (χ4v) is 7.69. The first-order valence-electron chi connectivity index (χ1n) is 19.7. The van der Waals surface area contributed by atoms with Crippen LogP contribution >= 0.6 is 0 Å². The molecule has 0 bridgehead atoms. The number of fused-ring (bicyclic) bond motifs is 5. The van der Waals surface area contributed by atoms with Gasteiger partial charge in [-0.1, -0.05) is 20.3 Å². The van der Waals surface area contributed by atoms with Crippen molar-refractivity contribution >= 4 is 34.6 Å². The Hall–Kier alpha value is -5.78. The molecule has 0 radical (unpaired) electrons. The smallest absolute Gasteiger partial charge is 0.417 e. The Kier molecular flexibility index (Phi) is 12.6. The largest absolute Gasteiger partial charge is 0.473 e. The maximum absolute atomic E-state index is 13.8. The Morgan fingerprint density at radius 1 is 1.05 bits per heavy atom. The molecule has 0 fully saturated rings. The van der Waals surface area contributed by atoms with Crippen molar-refractivity contribution in [3.8, 4) is 23.2 Å². The molecule has 2 aromatic carbocycles. The van der Waals surface area contributed by atoms with Crippen molar-refractivity contribution in [3.63, 3.8) is 0 Å². The van der Waals surface area contributed by atoms with Crippen molar-refractivity contribution in [3.05, 3.63) is 86.7 Å². The maximum Gasteiger partial charge on any atom is 0.417 e. The normalized spacial score (nSPS) is 15.8. The van der Waals surface area contributed by atoms with Gasteiger partial charge in [0.2, 0.25) is 0 Å². The van der Waals surface area contributed by atoms with E-state index in [-0.39, 0.29) is 55.3 Å². The van der Waals surface area contributed by atoms with Crippen LogP contribution in [-0.2, 0) is 39.4 Å². The van der Waals surface area contributed by atoms with Gasteiger partial charge in [0.1, 0.15) is 18.5 Å². The van der Waals surface area contributed by atoms with Crippen LogP contribution in [0.2, 0.25) is 0 Å². The van der Waals surface area contributed by atoms with Crippen molar-refractivity contribution in [2.24, 2.45) is 5.73 Å². The van der Waals surface area contributed by atoms with E-state index in [9.17, 15) is 29.5 Å². The van der Waals surface area contributed by atoms with Gasteiger partial charge in [-0.05, 0) is 107 Å². The second-order valence-corrected chi connectivity index (χ2v) is 14.3. The summed E-state index contributed by atoms with van der Waals surface area (Å²) >= 11 is 0. The van der Waals surface area contributed by atoms with E-state index >= 15 is 0 Å². The Morgan fingerprint density at radius 3 is 2.47 bits per heavy atom. The molecular formula is C43H50N6O8. The molecule has 2 aliphatic heterocycles. The van der Waals surface area contributed by atoms with Gasteiger partial charge in [0.15, 0.2) is 12.3 Å². The summed E-state index contributed by atoms with van der Waals surface area (Å²) in [6.07, 6.45) is 2.32. The third kappa shape index (κ3) is 7.95. The van der Waals surface area contributed by atoms with E-state index in [2.05, 4.69) is 6.07 Å². The molecule has 2 atom stereocenters. The number of pyridine rings is 2. The fraction of sp³-hybridized carbons (Fsp3) is 0.442. The number of hydrogen-bond acceptors (Lipinski definition) is 11. The number of carbonyl (C=O) groups excluding carboxylic acids is 3. The van der Waals surface area contributed by atoms with Crippen LogP contribution in [0, 0.1) is 11.3 Å². The third-order valence-corrected chi connectivity index (χ3v) is 11.0. The average Bonchev–Trinajstić information content (AvgIpc) is 3.59. The highest BCUT2D eigenvalue weighted by Gasteiger charge is 2.45. The predicted molar refractivity (Wildman–Crippen MR) is 214 cm³/mol. The van der Waals surface area contributed by atoms with Crippen LogP contribution in [0.1, 0.15) is 98.8 Å². The lowest BCUT2D eigenvalue weighted by atomic mass is 9.86. The quantitative estimate of drug-likeness (QED) is 0.0689. The van der Waals surface area contributed by atoms with Crippen molar-refractivity contribution in [1.82, 2.24) is 14.5 Å². The summed E-state index contributed by atoms with van der Waals surface area (Å²) in [4.78, 5) is 61.3. The van der Waals surface area contributed by atoms with Crippen LogP contribution < -0.4 is 20.9 Å². The monoisotopic (exact) mass is 778 g/mol. The molecule has 3 N–H and O–H groups in total. The number of unbranched alkanes of at least 4 members (excludes halogenated alkanes) is 2. The number of nitrogens with two attached hydrogens (primary N) is 1. The van der Waals surface area contributed by atoms with Crippen molar-refractivity contribution < 1.29 is 33.7 Å². The van der Waals surface area contributed by atoms with Crippen LogP contribution in [0.3, 0.4) is 0 Å². The number of esters is 1. The van der Waals surface area contributed by atoms with Gasteiger partial charge in [-0.25, -0.2) is 19.5 Å². The molecule has 2 aliphatic rings. The zero-order chi connectivity index (χ0) is 40.9. The fourth-order valence-electron chi connectivity index (χ4n) is 7.69. The molecule has 14 heteroatoms. The number of nitrogens with zero attached hydrogens (tertiary/aromatic N) is 5. The zero-order valence-electron chi connectivity index (χ0n) is 33.0. The molecule has 4 heterocycles. The molecule has 2 amide bonds. The van der Waals surface area contributed by atoms with Gasteiger partial charge in [0, 0.05) is 35.2 Å². The van der Waals surface area contributed by atoms with E-state index in [4.69, 9.17) is 24.9 Å². The van der Waals surface area contributed by atoms with Crippen LogP contribution in [-0.4, -0.2) is 70.0 Å². The van der Waals surface area contributed by atoms with E-state index in [0.717, 1.165) is 35.8 Å². The van der Waals surface area contributed by atoms with Gasteiger partial charge >= 0.3 is 12.1 Å². The number of anilines is 1. The number of carbonyl (C=O) groups is 3. The van der Waals surface area contributed by atoms with Gasteiger partial charge in [-0.3, -0.25) is 9.59 Å². The van der Waals surface area contributed by atoms with Gasteiger partial charge in [0.25, 0.3) is 11.5 Å². The minimum absolute atomic E-state index is 0.0339. The summed E-state index contributed by atoms with van der Waals surface area (Å²) in [5.41, 5.74) is 8.43. The molecule has 0 aliphatic carbocycles. The molecule has 300 valence electrons. The SMILES string of the molecule is CCc1c2c(nc3ccc(OCN(C(=O)OC(CC#N)CCCCCN)c4ccc(C(=O)N(CC)CC)cc4)cc13)-c1cc3c(c(=O)n1C2)COC(=O)[C@]3(O)CC. The summed E-state index contributed by atoms with van der Waals surface area (Å²) in [7, 11) is 0. The predicted octanol–water partition coefficient (Wildman–Crippen LogP) is 5.90. The highest BCUT2D eigenvalue weighted by atomic mass is 16.6. The lowest BCUT2D eigenvalue weighted by Gasteiger charge is -2.31. The molecule has 57 heavy (non-hydrogen) atoms. The summed E-state index contributed by atoms with van der Waals surface area (Å²) < 4.78 is 19.0. The summed E-state index contributed by atoms with van der Waals surface area (Å²) in [5, 5.41) is 21.6. The average molecular weight is 779 g/mol.